The number of anilines is 4. The number of rotatable bonds is 9. The molecule has 0 saturated carbocycles. The summed E-state index contributed by atoms with van der Waals surface area (Å²) >= 11 is 7.36. The number of thiazole rings is 1. The Kier molecular flexibility index (Phi) is 9.79. The van der Waals surface area contributed by atoms with E-state index in [1.54, 1.807) is 19.0 Å². The standard InChI is InChI=1S/C25H28ClF2N5O6S2/c1-25(2,3)39-24(36)33(22-13-40-14-29-22)41(37,38)21-11-16(26)19(12-17(21)28)30-18-7-6-15(27)10-20(18)32(23(34)35)9-8-31(4)5/h6-7,10-14,30H,8-9H2,1-5H3,(H,34,35). The van der Waals surface area contributed by atoms with Crippen LogP contribution in [0.25, 0.3) is 0 Å². The highest BCUT2D eigenvalue weighted by Gasteiger charge is 2.38. The normalized spacial score (nSPS) is 11.8. The number of carbonyl (C=O) groups excluding carboxylic acids is 1. The third-order valence-corrected chi connectivity index (χ3v) is 7.82. The second-order valence-corrected chi connectivity index (χ2v) is 12.8. The van der Waals surface area contributed by atoms with Gasteiger partial charge in [-0.05, 0) is 59.1 Å². The van der Waals surface area contributed by atoms with Crippen molar-refractivity contribution in [3.8, 4) is 0 Å². The number of nitrogens with one attached hydrogen (secondary N) is 1. The number of carbonyl (C=O) groups is 2. The van der Waals surface area contributed by atoms with Crippen LogP contribution in [0.2, 0.25) is 5.02 Å². The molecule has 2 aromatic carbocycles. The topological polar surface area (TPSA) is 132 Å². The molecule has 1 heterocycles. The summed E-state index contributed by atoms with van der Waals surface area (Å²) in [6.45, 7) is 4.90. The van der Waals surface area contributed by atoms with Gasteiger partial charge in [-0.25, -0.2) is 31.8 Å². The summed E-state index contributed by atoms with van der Waals surface area (Å²) in [5, 5.41) is 13.5. The van der Waals surface area contributed by atoms with Gasteiger partial charge in [-0.1, -0.05) is 11.6 Å². The monoisotopic (exact) mass is 631 g/mol. The third kappa shape index (κ3) is 7.81. The van der Waals surface area contributed by atoms with Gasteiger partial charge in [-0.3, -0.25) is 4.90 Å². The van der Waals surface area contributed by atoms with E-state index in [9.17, 15) is 27.5 Å². The second-order valence-electron chi connectivity index (χ2n) is 9.88. The van der Waals surface area contributed by atoms with Crippen LogP contribution in [-0.4, -0.2) is 68.4 Å². The molecule has 1 aromatic heterocycles. The molecule has 2 N–H and O–H groups in total. The molecular weight excluding hydrogens is 604 g/mol. The Morgan fingerprint density at radius 2 is 1.80 bits per heavy atom. The second kappa shape index (κ2) is 12.5. The van der Waals surface area contributed by atoms with Crippen LogP contribution in [-0.2, 0) is 14.8 Å². The summed E-state index contributed by atoms with van der Waals surface area (Å²) in [4.78, 5) is 30.4. The molecule has 0 fully saturated rings. The zero-order valence-electron chi connectivity index (χ0n) is 22.7. The Bertz CT molecular complexity index is 1530. The van der Waals surface area contributed by atoms with E-state index in [4.69, 9.17) is 16.3 Å². The Morgan fingerprint density at radius 3 is 2.37 bits per heavy atom. The lowest BCUT2D eigenvalue weighted by Gasteiger charge is -2.26. The molecule has 11 nitrogen and oxygen atoms in total. The maximum absolute atomic E-state index is 15.4. The number of hydrogen-bond acceptors (Lipinski definition) is 9. The fourth-order valence-electron chi connectivity index (χ4n) is 3.44. The fourth-order valence-corrected chi connectivity index (χ4v) is 5.65. The summed E-state index contributed by atoms with van der Waals surface area (Å²) < 4.78 is 62.1. The van der Waals surface area contributed by atoms with Crippen LogP contribution < -0.4 is 14.5 Å². The molecule has 0 unspecified atom stereocenters. The van der Waals surface area contributed by atoms with Gasteiger partial charge in [0, 0.05) is 24.5 Å². The Hall–Kier alpha value is -3.53. The number of nitrogens with zero attached hydrogens (tertiary/aromatic N) is 4. The first-order valence-corrected chi connectivity index (χ1v) is 14.6. The molecular formula is C25H28ClF2N5O6S2. The largest absolute Gasteiger partial charge is 0.465 e. The Balaban J connectivity index is 2.04. The number of carboxylic acid groups (broad SMARTS) is 1. The first-order valence-electron chi connectivity index (χ1n) is 11.9. The van der Waals surface area contributed by atoms with Crippen LogP contribution in [0.4, 0.5) is 41.2 Å². The van der Waals surface area contributed by atoms with E-state index in [0.29, 0.717) is 6.54 Å². The summed E-state index contributed by atoms with van der Waals surface area (Å²) in [5.41, 5.74) is 0.0483. The van der Waals surface area contributed by atoms with Gasteiger partial charge in [-0.2, -0.15) is 0 Å². The van der Waals surface area contributed by atoms with Gasteiger partial charge in [0.2, 0.25) is 0 Å². The van der Waals surface area contributed by atoms with E-state index in [2.05, 4.69) is 10.3 Å². The highest BCUT2D eigenvalue weighted by Crippen LogP contribution is 2.36. The lowest BCUT2D eigenvalue weighted by Crippen LogP contribution is -2.41. The number of sulfonamides is 1. The van der Waals surface area contributed by atoms with Crippen molar-refractivity contribution in [1.82, 2.24) is 9.88 Å². The molecule has 0 saturated heterocycles. The minimum atomic E-state index is -4.92. The van der Waals surface area contributed by atoms with Gasteiger partial charge in [0.25, 0.3) is 10.0 Å². The van der Waals surface area contributed by atoms with Crippen LogP contribution in [0.3, 0.4) is 0 Å². The average Bonchev–Trinajstić information content (AvgIpc) is 3.35. The summed E-state index contributed by atoms with van der Waals surface area (Å²) in [5.74, 6) is -2.30. The Labute approximate surface area is 245 Å². The zero-order chi connectivity index (χ0) is 30.7. The van der Waals surface area contributed by atoms with Gasteiger partial charge >= 0.3 is 12.2 Å². The molecule has 41 heavy (non-hydrogen) atoms. The predicted octanol–water partition coefficient (Wildman–Crippen LogP) is 5.99. The summed E-state index contributed by atoms with van der Waals surface area (Å²) in [6, 6.07) is 4.85. The van der Waals surface area contributed by atoms with Crippen LogP contribution >= 0.6 is 22.9 Å². The Morgan fingerprint density at radius 1 is 1.12 bits per heavy atom. The lowest BCUT2D eigenvalue weighted by molar-refractivity contribution is 0.0608. The highest BCUT2D eigenvalue weighted by atomic mass is 35.5. The number of halogens is 3. The van der Waals surface area contributed by atoms with Crippen molar-refractivity contribution in [2.45, 2.75) is 31.3 Å². The summed E-state index contributed by atoms with van der Waals surface area (Å²) in [6.07, 6.45) is -2.66. The van der Waals surface area contributed by atoms with Crippen molar-refractivity contribution >= 4 is 68.0 Å². The number of hydrogen-bond donors (Lipinski definition) is 2. The summed E-state index contributed by atoms with van der Waals surface area (Å²) in [7, 11) is -1.44. The predicted molar refractivity (Wildman–Crippen MR) is 153 cm³/mol. The van der Waals surface area contributed by atoms with E-state index in [1.165, 1.54) is 37.7 Å². The molecule has 3 aromatic rings. The van der Waals surface area contributed by atoms with Crippen LogP contribution in [0, 0.1) is 11.6 Å². The SMILES string of the molecule is CN(C)CCN(C(=O)O)c1cc(F)ccc1Nc1cc(F)c(S(=O)(=O)N(C(=O)OC(C)(C)C)c2cscn2)cc1Cl. The first-order chi connectivity index (χ1) is 19.0. The van der Waals surface area contributed by atoms with E-state index in [1.807, 2.05) is 0 Å². The molecule has 0 aliphatic heterocycles. The molecule has 222 valence electrons. The highest BCUT2D eigenvalue weighted by molar-refractivity contribution is 7.93. The molecule has 3 rings (SSSR count). The number of benzene rings is 2. The maximum atomic E-state index is 15.4. The lowest BCUT2D eigenvalue weighted by atomic mass is 10.2. The van der Waals surface area contributed by atoms with Gasteiger partial charge in [0.05, 0.1) is 27.6 Å². The van der Waals surface area contributed by atoms with Crippen molar-refractivity contribution in [2.24, 2.45) is 0 Å². The van der Waals surface area contributed by atoms with Gasteiger partial charge in [0.15, 0.2) is 5.82 Å². The molecule has 0 atom stereocenters. The molecule has 2 amide bonds. The van der Waals surface area contributed by atoms with E-state index >= 15 is 4.39 Å². The number of ether oxygens (including phenoxy) is 1. The smallest absolute Gasteiger partial charge is 0.430 e. The molecule has 0 aliphatic carbocycles. The minimum absolute atomic E-state index is 0.0170. The van der Waals surface area contributed by atoms with Crippen molar-refractivity contribution in [3.05, 3.63) is 57.9 Å². The quantitative estimate of drug-likeness (QED) is 0.292. The van der Waals surface area contributed by atoms with Gasteiger partial charge in [-0.15, -0.1) is 15.6 Å². The number of amides is 2. The molecule has 0 radical (unpaired) electrons. The van der Waals surface area contributed by atoms with E-state index in [-0.39, 0.29) is 38.8 Å². The van der Waals surface area contributed by atoms with Crippen LogP contribution in [0.5, 0.6) is 0 Å². The molecule has 0 spiro atoms. The molecule has 0 aliphatic rings. The van der Waals surface area contributed by atoms with Crippen molar-refractivity contribution in [3.63, 3.8) is 0 Å². The van der Waals surface area contributed by atoms with Gasteiger partial charge < -0.3 is 20.1 Å². The minimum Gasteiger partial charge on any atom is -0.465 e. The third-order valence-electron chi connectivity index (χ3n) is 5.25. The zero-order valence-corrected chi connectivity index (χ0v) is 25.1. The maximum Gasteiger partial charge on any atom is 0.430 e. The van der Waals surface area contributed by atoms with Crippen molar-refractivity contribution in [1.29, 1.82) is 0 Å². The van der Waals surface area contributed by atoms with Crippen molar-refractivity contribution < 1.29 is 36.6 Å². The van der Waals surface area contributed by atoms with E-state index in [0.717, 1.165) is 40.5 Å². The number of likely N-dealkylation sites (N-methyl/N-ethyl adjacent to an activating group) is 1. The molecule has 0 bridgehead atoms. The van der Waals surface area contributed by atoms with Crippen molar-refractivity contribution in [2.75, 3.05) is 41.7 Å². The fraction of sp³-hybridized carbons (Fsp3) is 0.320. The first kappa shape index (κ1) is 32.0. The van der Waals surface area contributed by atoms with Crippen LogP contribution in [0.1, 0.15) is 20.8 Å². The molecule has 16 heteroatoms. The van der Waals surface area contributed by atoms with Gasteiger partial charge in [0.1, 0.15) is 22.1 Å². The number of aromatic nitrogens is 1. The van der Waals surface area contributed by atoms with E-state index < -0.39 is 44.3 Å². The van der Waals surface area contributed by atoms with Crippen LogP contribution in [0.15, 0.2) is 46.1 Å². The average molecular weight is 632 g/mol.